The van der Waals surface area contributed by atoms with Crippen LogP contribution in [0.5, 0.6) is 0 Å². The van der Waals surface area contributed by atoms with Gasteiger partial charge >= 0.3 is 6.98 Å². The van der Waals surface area contributed by atoms with Gasteiger partial charge < -0.3 is 0 Å². The third-order valence-corrected chi connectivity index (χ3v) is 1.19. The molecule has 0 N–H and O–H groups in total. The Hall–Kier alpha value is -1.32. The molecule has 0 amide bonds. The summed E-state index contributed by atoms with van der Waals surface area (Å²) in [6.45, 7) is 1.47. The van der Waals surface area contributed by atoms with Crippen LogP contribution in [0.15, 0.2) is 10.1 Å². The van der Waals surface area contributed by atoms with Gasteiger partial charge in [-0.25, -0.2) is 0 Å². The van der Waals surface area contributed by atoms with Crippen LogP contribution < -0.4 is 0 Å². The molecule has 6 nitrogen and oxygen atoms in total. The Labute approximate surface area is 65.0 Å². The maximum absolute atomic E-state index is 8.04. The average Bonchev–Trinajstić information content (AvgIpc) is 2.01. The van der Waals surface area contributed by atoms with E-state index in [0.717, 1.165) is 12.8 Å². The first kappa shape index (κ1) is 9.68. The lowest BCUT2D eigenvalue weighted by molar-refractivity contribution is 0.870. The second-order valence-electron chi connectivity index (χ2n) is 2.03. The fourth-order valence-corrected chi connectivity index (χ4v) is 0.644. The Kier molecular flexibility index (Phi) is 5.99. The van der Waals surface area contributed by atoms with Gasteiger partial charge in [0, 0.05) is 0 Å². The molecule has 0 aromatic carbocycles. The summed E-state index contributed by atoms with van der Waals surface area (Å²) in [6, 6.07) is 0. The Morgan fingerprint density at radius 3 is 2.18 bits per heavy atom. The lowest BCUT2D eigenvalue weighted by Crippen LogP contribution is -2.02. The van der Waals surface area contributed by atoms with Gasteiger partial charge in [-0.3, -0.25) is 0 Å². The second kappa shape index (κ2) is 6.80. The second-order valence-corrected chi connectivity index (χ2v) is 2.03. The lowest BCUT2D eigenvalue weighted by atomic mass is 9.74. The van der Waals surface area contributed by atoms with E-state index in [9.17, 15) is 0 Å². The van der Waals surface area contributed by atoms with Crippen LogP contribution in [0.1, 0.15) is 19.8 Å². The predicted molar refractivity (Wildman–Crippen MR) is 43.8 cm³/mol. The number of unbranched alkanes of at least 4 members (excludes halogenated alkanes) is 1. The Bertz CT molecular complexity index is 173. The number of rotatable bonds is 5. The zero-order chi connectivity index (χ0) is 8.53. The van der Waals surface area contributed by atoms with E-state index >= 15 is 0 Å². The van der Waals surface area contributed by atoms with E-state index in [-0.39, 0.29) is 0 Å². The quantitative estimate of drug-likeness (QED) is 0.250. The monoisotopic (exact) mass is 152 g/mol. The molecular weight excluding hydrogens is 143 g/mol. The van der Waals surface area contributed by atoms with Gasteiger partial charge in [-0.05, 0) is 20.9 Å². The summed E-state index contributed by atoms with van der Waals surface area (Å²) in [7, 11) is 0. The normalized spacial score (nSPS) is 7.73. The van der Waals surface area contributed by atoms with E-state index in [2.05, 4.69) is 19.9 Å². The molecule has 0 rings (SSSR count). The van der Waals surface area contributed by atoms with Crippen molar-refractivity contribution in [2.75, 3.05) is 0 Å². The summed E-state index contributed by atoms with van der Waals surface area (Å²) in [5.74, 6) is 0. The summed E-state index contributed by atoms with van der Waals surface area (Å²) in [4.78, 5) is 5.14. The zero-order valence-corrected chi connectivity index (χ0v) is 6.38. The van der Waals surface area contributed by atoms with Crippen molar-refractivity contribution < 1.29 is 0 Å². The molecule has 0 aromatic rings. The molecular formula is C4H9BN6. The van der Waals surface area contributed by atoms with E-state index in [1.165, 1.54) is 0 Å². The molecule has 0 aliphatic carbocycles. The molecule has 0 spiro atoms. The molecule has 58 valence electrons. The van der Waals surface area contributed by atoms with E-state index < -0.39 is 6.98 Å². The topological polar surface area (TPSA) is 97.5 Å². The molecule has 0 unspecified atom stereocenters. The summed E-state index contributed by atoms with van der Waals surface area (Å²) in [5.41, 5.74) is 16.1. The minimum atomic E-state index is -0.551. The average molecular weight is 152 g/mol. The van der Waals surface area contributed by atoms with Gasteiger partial charge in [-0.15, -0.1) is 10.1 Å². The third kappa shape index (κ3) is 5.15. The van der Waals surface area contributed by atoms with E-state index in [1.54, 1.807) is 0 Å². The fraction of sp³-hybridized carbons (Fsp3) is 1.00. The molecule has 0 saturated carbocycles. The number of nitrogens with zero attached hydrogens (tertiary/aromatic N) is 6. The van der Waals surface area contributed by atoms with Gasteiger partial charge in [0.25, 0.3) is 0 Å². The van der Waals surface area contributed by atoms with Crippen LogP contribution in [-0.4, -0.2) is 6.98 Å². The third-order valence-electron chi connectivity index (χ3n) is 1.19. The molecule has 0 radical (unpaired) electrons. The zero-order valence-electron chi connectivity index (χ0n) is 6.38. The van der Waals surface area contributed by atoms with Gasteiger partial charge in [0.05, 0.1) is 0 Å². The van der Waals surface area contributed by atoms with Crippen LogP contribution in [0.2, 0.25) is 6.32 Å². The Balaban J connectivity index is 3.88. The summed E-state index contributed by atoms with van der Waals surface area (Å²) < 4.78 is 0. The molecule has 0 atom stereocenters. The van der Waals surface area contributed by atoms with Crippen molar-refractivity contribution in [3.05, 3.63) is 20.9 Å². The molecule has 0 heterocycles. The van der Waals surface area contributed by atoms with Crippen molar-refractivity contribution in [1.29, 1.82) is 0 Å². The maximum atomic E-state index is 8.04. The SMILES string of the molecule is CCCCB(N=[N+]=[N-])N=[N+]=[N-]. The van der Waals surface area contributed by atoms with E-state index in [4.69, 9.17) is 11.1 Å². The minimum absolute atomic E-state index is 0.551. The molecule has 11 heavy (non-hydrogen) atoms. The van der Waals surface area contributed by atoms with Gasteiger partial charge in [0.15, 0.2) is 0 Å². The van der Waals surface area contributed by atoms with Gasteiger partial charge in [-0.2, -0.15) is 0 Å². The van der Waals surface area contributed by atoms with E-state index in [1.807, 2.05) is 6.92 Å². The highest BCUT2D eigenvalue weighted by Crippen LogP contribution is 2.03. The van der Waals surface area contributed by atoms with Crippen molar-refractivity contribution in [1.82, 2.24) is 0 Å². The highest BCUT2D eigenvalue weighted by molar-refractivity contribution is 6.54. The molecule has 0 bridgehead atoms. The van der Waals surface area contributed by atoms with Gasteiger partial charge in [0.1, 0.15) is 0 Å². The lowest BCUT2D eigenvalue weighted by Gasteiger charge is -1.95. The predicted octanol–water partition coefficient (Wildman–Crippen LogP) is 2.90. The van der Waals surface area contributed by atoms with Crippen molar-refractivity contribution >= 4 is 6.98 Å². The number of hydrogen-bond acceptors (Lipinski definition) is 2. The van der Waals surface area contributed by atoms with Crippen molar-refractivity contribution in [2.24, 2.45) is 10.1 Å². The molecule has 0 saturated heterocycles. The maximum Gasteiger partial charge on any atom is 0.342 e. The van der Waals surface area contributed by atoms with Gasteiger partial charge in [-0.1, -0.05) is 26.1 Å². The molecule has 7 heteroatoms. The molecule has 0 aliphatic rings. The van der Waals surface area contributed by atoms with Crippen LogP contribution in [0.25, 0.3) is 20.9 Å². The van der Waals surface area contributed by atoms with Crippen LogP contribution in [0.4, 0.5) is 0 Å². The highest BCUT2D eigenvalue weighted by atomic mass is 15.2. The summed E-state index contributed by atoms with van der Waals surface area (Å²) in [5, 5.41) is 6.62. The smallest absolute Gasteiger partial charge is 0.141 e. The first-order chi connectivity index (χ1) is 5.35. The molecule has 0 aromatic heterocycles. The largest absolute Gasteiger partial charge is 0.342 e. The van der Waals surface area contributed by atoms with Crippen molar-refractivity contribution in [3.8, 4) is 0 Å². The minimum Gasteiger partial charge on any atom is -0.141 e. The first-order valence-electron chi connectivity index (χ1n) is 3.43. The van der Waals surface area contributed by atoms with E-state index in [0.29, 0.717) is 6.32 Å². The highest BCUT2D eigenvalue weighted by Gasteiger charge is 2.07. The molecule has 0 aliphatic heterocycles. The summed E-state index contributed by atoms with van der Waals surface area (Å²) >= 11 is 0. The first-order valence-corrected chi connectivity index (χ1v) is 3.43. The number of azide groups is 1. The van der Waals surface area contributed by atoms with Gasteiger partial charge in [0.2, 0.25) is 0 Å². The fourth-order valence-electron chi connectivity index (χ4n) is 0.644. The number of hydrogen-bond donors (Lipinski definition) is 0. The van der Waals surface area contributed by atoms with Crippen LogP contribution in [0, 0.1) is 0 Å². The van der Waals surface area contributed by atoms with Crippen LogP contribution in [-0.2, 0) is 0 Å². The van der Waals surface area contributed by atoms with Crippen LogP contribution >= 0.6 is 0 Å². The summed E-state index contributed by atoms with van der Waals surface area (Å²) in [6.07, 6.45) is 2.53. The van der Waals surface area contributed by atoms with Crippen molar-refractivity contribution in [3.63, 3.8) is 0 Å². The van der Waals surface area contributed by atoms with Crippen molar-refractivity contribution in [2.45, 2.75) is 26.1 Å². The Morgan fingerprint density at radius 2 is 1.82 bits per heavy atom. The molecule has 0 fully saturated rings. The van der Waals surface area contributed by atoms with Crippen LogP contribution in [0.3, 0.4) is 0 Å². The standard InChI is InChI=1S/C4H9BN6/c1-2-3-4-5(8-10-6)9-11-7/h2-4H2,1H3. The Morgan fingerprint density at radius 1 is 1.27 bits per heavy atom.